The Morgan fingerprint density at radius 3 is 2.89 bits per heavy atom. The minimum atomic E-state index is -2.88. The second-order valence-electron chi connectivity index (χ2n) is 3.84. The van der Waals surface area contributed by atoms with Crippen molar-refractivity contribution < 1.29 is 18.3 Å². The summed E-state index contributed by atoms with van der Waals surface area (Å²) in [5, 5.41) is 3.49. The number of alkyl halides is 2. The zero-order valence-corrected chi connectivity index (χ0v) is 10.1. The number of rotatable bonds is 5. The molecule has 1 aromatic heterocycles. The molecule has 0 bridgehead atoms. The average molecular weight is 267 g/mol. The highest BCUT2D eigenvalue weighted by Crippen LogP contribution is 2.24. The Labute approximate surface area is 107 Å². The second kappa shape index (κ2) is 5.55. The number of carbonyl (C=O) groups is 1. The van der Waals surface area contributed by atoms with Crippen LogP contribution in [0.5, 0.6) is 5.75 Å². The maximum atomic E-state index is 12.1. The van der Waals surface area contributed by atoms with Crippen LogP contribution in [0.3, 0.4) is 0 Å². The number of hydrogen-bond acceptors (Lipinski definition) is 5. The predicted octanol–water partition coefficient (Wildman–Crippen LogP) is 2.23. The summed E-state index contributed by atoms with van der Waals surface area (Å²) >= 11 is 0. The van der Waals surface area contributed by atoms with Crippen LogP contribution in [0.25, 0.3) is 10.9 Å². The molecule has 0 fully saturated rings. The predicted molar refractivity (Wildman–Crippen MR) is 65.3 cm³/mol. The maximum absolute atomic E-state index is 12.1. The first-order valence-electron chi connectivity index (χ1n) is 5.49. The number of hydrogen-bond donors (Lipinski definition) is 1. The number of nitrogens with zero attached hydrogens (tertiary/aromatic N) is 2. The van der Waals surface area contributed by atoms with E-state index in [1.165, 1.54) is 25.4 Å². The largest absolute Gasteiger partial charge is 0.435 e. The summed E-state index contributed by atoms with van der Waals surface area (Å²) in [5.41, 5.74) is 0.458. The number of fused-ring (bicyclic) bond motifs is 1. The third-order valence-electron chi connectivity index (χ3n) is 2.34. The number of aromatic nitrogens is 2. The van der Waals surface area contributed by atoms with Crippen LogP contribution in [0.15, 0.2) is 24.5 Å². The summed E-state index contributed by atoms with van der Waals surface area (Å²) in [5.74, 6) is 0.465. The van der Waals surface area contributed by atoms with E-state index in [9.17, 15) is 13.6 Å². The molecule has 2 rings (SSSR count). The number of benzene rings is 1. The van der Waals surface area contributed by atoms with Gasteiger partial charge in [0.15, 0.2) is 0 Å². The van der Waals surface area contributed by atoms with E-state index in [1.807, 2.05) is 0 Å². The molecule has 1 heterocycles. The van der Waals surface area contributed by atoms with Crippen LogP contribution in [-0.4, -0.2) is 28.9 Å². The molecule has 100 valence electrons. The van der Waals surface area contributed by atoms with Crippen molar-refractivity contribution in [1.82, 2.24) is 9.97 Å². The number of ketones is 1. The molecular weight excluding hydrogens is 256 g/mol. The van der Waals surface area contributed by atoms with Gasteiger partial charge < -0.3 is 10.1 Å². The summed E-state index contributed by atoms with van der Waals surface area (Å²) in [6.45, 7) is -1.29. The lowest BCUT2D eigenvalue weighted by Gasteiger charge is -2.08. The zero-order valence-electron chi connectivity index (χ0n) is 10.1. The van der Waals surface area contributed by atoms with Gasteiger partial charge in [0, 0.05) is 11.5 Å². The molecule has 0 saturated carbocycles. The van der Waals surface area contributed by atoms with Gasteiger partial charge in [0.25, 0.3) is 0 Å². The van der Waals surface area contributed by atoms with Crippen molar-refractivity contribution >= 4 is 22.5 Å². The molecule has 5 nitrogen and oxygen atoms in total. The molecule has 7 heteroatoms. The lowest BCUT2D eigenvalue weighted by Crippen LogP contribution is -2.11. The molecule has 2 aromatic rings. The monoisotopic (exact) mass is 267 g/mol. The summed E-state index contributed by atoms with van der Waals surface area (Å²) in [7, 11) is 0. The topological polar surface area (TPSA) is 64.1 Å². The molecule has 0 amide bonds. The van der Waals surface area contributed by atoms with Gasteiger partial charge >= 0.3 is 6.61 Å². The van der Waals surface area contributed by atoms with Gasteiger partial charge in [-0.1, -0.05) is 0 Å². The molecule has 0 spiro atoms. The average Bonchev–Trinajstić information content (AvgIpc) is 2.35. The molecule has 0 atom stereocenters. The highest BCUT2D eigenvalue weighted by molar-refractivity contribution is 5.91. The van der Waals surface area contributed by atoms with E-state index in [2.05, 4.69) is 20.0 Å². The van der Waals surface area contributed by atoms with Crippen molar-refractivity contribution in [2.45, 2.75) is 13.5 Å². The number of Topliss-reactive ketones (excluding diaryl/α,β-unsaturated/α-hetero) is 1. The molecule has 0 aliphatic carbocycles. The highest BCUT2D eigenvalue weighted by atomic mass is 19.3. The Hall–Kier alpha value is -2.31. The maximum Gasteiger partial charge on any atom is 0.387 e. The molecular formula is C12H11F2N3O2. The van der Waals surface area contributed by atoms with Crippen LogP contribution in [0.4, 0.5) is 14.6 Å². The van der Waals surface area contributed by atoms with Crippen molar-refractivity contribution in [3.05, 3.63) is 24.5 Å². The third kappa shape index (κ3) is 3.34. The lowest BCUT2D eigenvalue weighted by molar-refractivity contribution is -0.115. The van der Waals surface area contributed by atoms with Gasteiger partial charge in [-0.2, -0.15) is 8.78 Å². The van der Waals surface area contributed by atoms with E-state index < -0.39 is 6.61 Å². The van der Waals surface area contributed by atoms with Gasteiger partial charge in [-0.15, -0.1) is 0 Å². The van der Waals surface area contributed by atoms with Gasteiger partial charge in [0.2, 0.25) is 0 Å². The molecule has 0 radical (unpaired) electrons. The van der Waals surface area contributed by atoms with Crippen molar-refractivity contribution in [1.29, 1.82) is 0 Å². The van der Waals surface area contributed by atoms with Crippen molar-refractivity contribution in [2.75, 3.05) is 11.9 Å². The summed E-state index contributed by atoms with van der Waals surface area (Å²) < 4.78 is 28.5. The standard InChI is InChI=1S/C12H11F2N3O2/c1-7(18)5-15-11-9-3-2-8(19-12(13)14)4-10(9)16-6-17-11/h2-4,6,12H,5H2,1H3,(H,15,16,17). The first-order chi connectivity index (χ1) is 9.06. The van der Waals surface area contributed by atoms with Crippen LogP contribution in [0.1, 0.15) is 6.92 Å². The van der Waals surface area contributed by atoms with Gasteiger partial charge in [-0.3, -0.25) is 4.79 Å². The third-order valence-corrected chi connectivity index (χ3v) is 2.34. The first-order valence-corrected chi connectivity index (χ1v) is 5.49. The number of halogens is 2. The first kappa shape index (κ1) is 13.1. The fourth-order valence-electron chi connectivity index (χ4n) is 1.56. The number of nitrogens with one attached hydrogen (secondary N) is 1. The quantitative estimate of drug-likeness (QED) is 0.900. The van der Waals surface area contributed by atoms with E-state index in [4.69, 9.17) is 0 Å². The summed E-state index contributed by atoms with van der Waals surface area (Å²) in [4.78, 5) is 18.9. The van der Waals surface area contributed by atoms with Crippen molar-refractivity contribution in [3.63, 3.8) is 0 Å². The summed E-state index contributed by atoms with van der Waals surface area (Å²) in [6, 6.07) is 4.36. The number of anilines is 1. The molecule has 0 saturated heterocycles. The van der Waals surface area contributed by atoms with Gasteiger partial charge in [-0.25, -0.2) is 9.97 Å². The van der Waals surface area contributed by atoms with Crippen molar-refractivity contribution in [3.8, 4) is 5.75 Å². The zero-order chi connectivity index (χ0) is 13.8. The molecule has 0 unspecified atom stereocenters. The normalized spacial score (nSPS) is 10.7. The van der Waals surface area contributed by atoms with E-state index >= 15 is 0 Å². The minimum absolute atomic E-state index is 0.0266. The van der Waals surface area contributed by atoms with Crippen LogP contribution < -0.4 is 10.1 Å². The number of ether oxygens (including phenoxy) is 1. The second-order valence-corrected chi connectivity index (χ2v) is 3.84. The smallest absolute Gasteiger partial charge is 0.387 e. The Kier molecular flexibility index (Phi) is 3.84. The molecule has 0 aliphatic heterocycles. The molecule has 0 aliphatic rings. The van der Waals surface area contributed by atoms with Crippen molar-refractivity contribution in [2.24, 2.45) is 0 Å². The van der Waals surface area contributed by atoms with E-state index in [1.54, 1.807) is 6.07 Å². The Balaban J connectivity index is 2.32. The van der Waals surface area contributed by atoms with E-state index in [0.717, 1.165) is 0 Å². The van der Waals surface area contributed by atoms with Crippen LogP contribution in [-0.2, 0) is 4.79 Å². The Bertz CT molecular complexity index is 605. The molecule has 19 heavy (non-hydrogen) atoms. The fraction of sp³-hybridized carbons (Fsp3) is 0.250. The van der Waals surface area contributed by atoms with Gasteiger partial charge in [0.1, 0.15) is 23.7 Å². The van der Waals surface area contributed by atoms with Gasteiger partial charge in [0.05, 0.1) is 12.1 Å². The fourth-order valence-corrected chi connectivity index (χ4v) is 1.56. The van der Waals surface area contributed by atoms with E-state index in [0.29, 0.717) is 16.7 Å². The highest BCUT2D eigenvalue weighted by Gasteiger charge is 2.08. The Morgan fingerprint density at radius 1 is 1.42 bits per heavy atom. The lowest BCUT2D eigenvalue weighted by atomic mass is 10.2. The van der Waals surface area contributed by atoms with E-state index in [-0.39, 0.29) is 18.1 Å². The van der Waals surface area contributed by atoms with Gasteiger partial charge in [-0.05, 0) is 19.1 Å². The van der Waals surface area contributed by atoms with Crippen LogP contribution in [0, 0.1) is 0 Å². The molecule has 1 aromatic carbocycles. The van der Waals surface area contributed by atoms with Crippen LogP contribution >= 0.6 is 0 Å². The Morgan fingerprint density at radius 2 is 2.21 bits per heavy atom. The number of carbonyl (C=O) groups excluding carboxylic acids is 1. The SMILES string of the molecule is CC(=O)CNc1ncnc2cc(OC(F)F)ccc12. The van der Waals surface area contributed by atoms with Crippen LogP contribution in [0.2, 0.25) is 0 Å². The minimum Gasteiger partial charge on any atom is -0.435 e. The summed E-state index contributed by atoms with van der Waals surface area (Å²) in [6.07, 6.45) is 1.29. The molecule has 1 N–H and O–H groups in total.